The van der Waals surface area contributed by atoms with Crippen LogP contribution < -0.4 is 4.74 Å². The third-order valence-electron chi connectivity index (χ3n) is 5.17. The molecule has 1 aromatic carbocycles. The van der Waals surface area contributed by atoms with Crippen LogP contribution in [0.4, 0.5) is 0 Å². The zero-order chi connectivity index (χ0) is 14.7. The maximum absolute atomic E-state index is 9.19. The maximum Gasteiger partial charge on any atom is 0.136 e. The monoisotopic (exact) mass is 284 g/mol. The lowest BCUT2D eigenvalue weighted by Gasteiger charge is -2.41. The summed E-state index contributed by atoms with van der Waals surface area (Å²) in [7, 11) is 1.61. The van der Waals surface area contributed by atoms with Gasteiger partial charge in [0.2, 0.25) is 0 Å². The second kappa shape index (κ2) is 6.49. The molecule has 0 spiro atoms. The SMILES string of the molecule is COc1ccc(CN2CCC3CCCCC3C2)cc1C#N. The van der Waals surface area contributed by atoms with Gasteiger partial charge in [-0.3, -0.25) is 4.90 Å². The van der Waals surface area contributed by atoms with E-state index in [1.165, 1.54) is 50.8 Å². The Morgan fingerprint density at radius 2 is 2.05 bits per heavy atom. The van der Waals surface area contributed by atoms with Gasteiger partial charge in [0, 0.05) is 13.1 Å². The number of hydrogen-bond donors (Lipinski definition) is 0. The summed E-state index contributed by atoms with van der Waals surface area (Å²) in [6, 6.07) is 8.21. The summed E-state index contributed by atoms with van der Waals surface area (Å²) in [6.45, 7) is 3.40. The van der Waals surface area contributed by atoms with Crippen molar-refractivity contribution in [2.75, 3.05) is 20.2 Å². The van der Waals surface area contributed by atoms with E-state index in [9.17, 15) is 5.26 Å². The van der Waals surface area contributed by atoms with Crippen LogP contribution in [0.1, 0.15) is 43.2 Å². The minimum absolute atomic E-state index is 0.641. The van der Waals surface area contributed by atoms with Crippen molar-refractivity contribution in [2.24, 2.45) is 11.8 Å². The van der Waals surface area contributed by atoms with E-state index in [-0.39, 0.29) is 0 Å². The number of methoxy groups -OCH3 is 1. The normalized spacial score (nSPS) is 25.9. The minimum Gasteiger partial charge on any atom is -0.495 e. The van der Waals surface area contributed by atoms with E-state index in [1.54, 1.807) is 7.11 Å². The van der Waals surface area contributed by atoms with Crippen LogP contribution in [0.15, 0.2) is 18.2 Å². The highest BCUT2D eigenvalue weighted by atomic mass is 16.5. The van der Waals surface area contributed by atoms with Gasteiger partial charge in [-0.05, 0) is 48.9 Å². The van der Waals surface area contributed by atoms with Crippen LogP contribution in [0.5, 0.6) is 5.75 Å². The second-order valence-corrected chi connectivity index (χ2v) is 6.47. The Kier molecular flexibility index (Phi) is 4.45. The fourth-order valence-electron chi connectivity index (χ4n) is 4.02. The first-order valence-corrected chi connectivity index (χ1v) is 8.09. The highest BCUT2D eigenvalue weighted by Crippen LogP contribution is 2.36. The molecule has 2 aliphatic rings. The van der Waals surface area contributed by atoms with E-state index < -0.39 is 0 Å². The number of fused-ring (bicyclic) bond motifs is 1. The minimum atomic E-state index is 0.641. The van der Waals surface area contributed by atoms with Crippen molar-refractivity contribution in [1.82, 2.24) is 4.90 Å². The molecule has 3 nitrogen and oxygen atoms in total. The Morgan fingerprint density at radius 3 is 2.81 bits per heavy atom. The van der Waals surface area contributed by atoms with Gasteiger partial charge in [-0.2, -0.15) is 5.26 Å². The van der Waals surface area contributed by atoms with Gasteiger partial charge >= 0.3 is 0 Å². The Balaban J connectivity index is 1.65. The topological polar surface area (TPSA) is 36.3 Å². The first-order chi connectivity index (χ1) is 10.3. The Bertz CT molecular complexity index is 535. The molecule has 112 valence electrons. The van der Waals surface area contributed by atoms with E-state index >= 15 is 0 Å². The molecule has 1 aliphatic carbocycles. The molecule has 1 saturated heterocycles. The molecule has 0 N–H and O–H groups in total. The average Bonchev–Trinajstić information content (AvgIpc) is 2.54. The summed E-state index contributed by atoms with van der Waals surface area (Å²) in [5.74, 6) is 2.55. The largest absolute Gasteiger partial charge is 0.495 e. The summed E-state index contributed by atoms with van der Waals surface area (Å²) in [5.41, 5.74) is 1.86. The van der Waals surface area contributed by atoms with Crippen LogP contribution in [0.25, 0.3) is 0 Å². The number of nitriles is 1. The van der Waals surface area contributed by atoms with Crippen molar-refractivity contribution < 1.29 is 4.74 Å². The van der Waals surface area contributed by atoms with Gasteiger partial charge in [-0.25, -0.2) is 0 Å². The molecule has 0 aromatic heterocycles. The highest BCUT2D eigenvalue weighted by Gasteiger charge is 2.30. The van der Waals surface area contributed by atoms with Crippen LogP contribution in [0.3, 0.4) is 0 Å². The van der Waals surface area contributed by atoms with Gasteiger partial charge in [0.1, 0.15) is 11.8 Å². The third kappa shape index (κ3) is 3.22. The van der Waals surface area contributed by atoms with Gasteiger partial charge in [0.15, 0.2) is 0 Å². The predicted octanol–water partition coefficient (Wildman–Crippen LogP) is 3.58. The molecule has 0 radical (unpaired) electrons. The zero-order valence-corrected chi connectivity index (χ0v) is 12.8. The molecule has 21 heavy (non-hydrogen) atoms. The lowest BCUT2D eigenvalue weighted by Crippen LogP contribution is -2.41. The Hall–Kier alpha value is -1.53. The van der Waals surface area contributed by atoms with E-state index in [4.69, 9.17) is 4.74 Å². The molecule has 1 aromatic rings. The third-order valence-corrected chi connectivity index (χ3v) is 5.17. The first-order valence-electron chi connectivity index (χ1n) is 8.09. The summed E-state index contributed by atoms with van der Waals surface area (Å²) in [6.07, 6.45) is 7.06. The van der Waals surface area contributed by atoms with Crippen molar-refractivity contribution in [1.29, 1.82) is 5.26 Å². The van der Waals surface area contributed by atoms with Crippen molar-refractivity contribution in [3.05, 3.63) is 29.3 Å². The molecule has 3 heteroatoms. The van der Waals surface area contributed by atoms with Gasteiger partial charge in [0.25, 0.3) is 0 Å². The van der Waals surface area contributed by atoms with E-state index in [0.717, 1.165) is 18.4 Å². The van der Waals surface area contributed by atoms with Gasteiger partial charge in [0.05, 0.1) is 12.7 Å². The fraction of sp³-hybridized carbons (Fsp3) is 0.611. The molecule has 0 amide bonds. The van der Waals surface area contributed by atoms with Gasteiger partial charge < -0.3 is 4.74 Å². The predicted molar refractivity (Wildman–Crippen MR) is 83.1 cm³/mol. The summed E-state index contributed by atoms with van der Waals surface area (Å²) >= 11 is 0. The van der Waals surface area contributed by atoms with Gasteiger partial charge in [-0.1, -0.05) is 25.3 Å². The van der Waals surface area contributed by atoms with Gasteiger partial charge in [-0.15, -0.1) is 0 Å². The maximum atomic E-state index is 9.19. The van der Waals surface area contributed by atoms with Crippen LogP contribution >= 0.6 is 0 Å². The zero-order valence-electron chi connectivity index (χ0n) is 12.8. The quantitative estimate of drug-likeness (QED) is 0.851. The number of benzene rings is 1. The van der Waals surface area contributed by atoms with Crippen LogP contribution in [0, 0.1) is 23.2 Å². The number of hydrogen-bond acceptors (Lipinski definition) is 3. The Labute approximate surface area is 127 Å². The number of likely N-dealkylation sites (tertiary alicyclic amines) is 1. The summed E-state index contributed by atoms with van der Waals surface area (Å²) in [4.78, 5) is 2.56. The first kappa shape index (κ1) is 14.4. The molecule has 1 aliphatic heterocycles. The number of ether oxygens (including phenoxy) is 1. The number of rotatable bonds is 3. The van der Waals surface area contributed by atoms with Crippen molar-refractivity contribution in [3.63, 3.8) is 0 Å². The summed E-state index contributed by atoms with van der Waals surface area (Å²) in [5, 5.41) is 9.19. The molecule has 2 fully saturated rings. The molecule has 1 heterocycles. The standard InChI is InChI=1S/C18H24N2O/c1-21-18-7-6-14(10-17(18)11-19)12-20-9-8-15-4-2-3-5-16(15)13-20/h6-7,10,15-16H,2-5,8-9,12-13H2,1H3. The lowest BCUT2D eigenvalue weighted by molar-refractivity contribution is 0.0820. The van der Waals surface area contributed by atoms with E-state index in [0.29, 0.717) is 11.3 Å². The average molecular weight is 284 g/mol. The molecule has 2 atom stereocenters. The Morgan fingerprint density at radius 1 is 1.24 bits per heavy atom. The smallest absolute Gasteiger partial charge is 0.136 e. The van der Waals surface area contributed by atoms with Crippen LogP contribution in [-0.4, -0.2) is 25.1 Å². The van der Waals surface area contributed by atoms with Crippen molar-refractivity contribution in [3.8, 4) is 11.8 Å². The second-order valence-electron chi connectivity index (χ2n) is 6.47. The van der Waals surface area contributed by atoms with Crippen LogP contribution in [-0.2, 0) is 6.54 Å². The van der Waals surface area contributed by atoms with Crippen molar-refractivity contribution >= 4 is 0 Å². The number of nitrogens with zero attached hydrogens (tertiary/aromatic N) is 2. The lowest BCUT2D eigenvalue weighted by atomic mass is 9.75. The molecular formula is C18H24N2O. The molecule has 2 unspecified atom stereocenters. The molecular weight excluding hydrogens is 260 g/mol. The molecule has 3 rings (SSSR count). The van der Waals surface area contributed by atoms with Crippen LogP contribution in [0.2, 0.25) is 0 Å². The highest BCUT2D eigenvalue weighted by molar-refractivity contribution is 5.45. The van der Waals surface area contributed by atoms with E-state index in [1.807, 2.05) is 12.1 Å². The van der Waals surface area contributed by atoms with E-state index in [2.05, 4.69) is 17.0 Å². The fourth-order valence-corrected chi connectivity index (χ4v) is 4.02. The molecule has 0 bridgehead atoms. The van der Waals surface area contributed by atoms with Crippen molar-refractivity contribution in [2.45, 2.75) is 38.6 Å². The molecule has 1 saturated carbocycles. The number of piperidine rings is 1. The summed E-state index contributed by atoms with van der Waals surface area (Å²) < 4.78 is 5.22.